The number of rotatable bonds is 17. The molecule has 0 aliphatic heterocycles. The second kappa shape index (κ2) is 17.6. The summed E-state index contributed by atoms with van der Waals surface area (Å²) in [7, 11) is -1.52. The molecule has 0 saturated carbocycles. The van der Waals surface area contributed by atoms with E-state index >= 15 is 0 Å². The first-order chi connectivity index (χ1) is 23.6. The number of halogens is 1. The quantitative estimate of drug-likeness (QED) is 0.141. The van der Waals surface area contributed by atoms with Crippen LogP contribution in [0.3, 0.4) is 0 Å². The standard InChI is InChI=1S/C37H42ClN3O7S/c1-5-22-39-37(43)33(23-27-12-8-7-9-13-27)40(25-28-14-10-11-15-32(28)38)36(42)26-41(29-16-18-30(19-17-29)48-6-2)49(44,45)31-20-21-34(46-3)35(24-31)47-4/h7-21,24,33H,5-6,22-23,25-26H2,1-4H3,(H,39,43)/t33-/m1/s1. The molecule has 0 heterocycles. The molecule has 260 valence electrons. The number of carbonyl (C=O) groups is 2. The van der Waals surface area contributed by atoms with Crippen molar-refractivity contribution in [3.05, 3.63) is 113 Å². The van der Waals surface area contributed by atoms with E-state index < -0.39 is 28.5 Å². The van der Waals surface area contributed by atoms with Crippen LogP contribution in [0.4, 0.5) is 5.69 Å². The number of carbonyl (C=O) groups excluding carboxylic acids is 2. The van der Waals surface area contributed by atoms with Crippen molar-refractivity contribution in [1.29, 1.82) is 0 Å². The first kappa shape index (κ1) is 37.1. The number of nitrogens with zero attached hydrogens (tertiary/aromatic N) is 2. The van der Waals surface area contributed by atoms with E-state index in [2.05, 4.69) is 5.32 Å². The lowest BCUT2D eigenvalue weighted by Gasteiger charge is -2.34. The lowest BCUT2D eigenvalue weighted by atomic mass is 10.0. The largest absolute Gasteiger partial charge is 0.494 e. The van der Waals surface area contributed by atoms with E-state index in [4.69, 9.17) is 25.8 Å². The predicted octanol–water partition coefficient (Wildman–Crippen LogP) is 6.12. The van der Waals surface area contributed by atoms with Crippen molar-refractivity contribution in [2.45, 2.75) is 44.2 Å². The highest BCUT2D eigenvalue weighted by atomic mass is 35.5. The fourth-order valence-electron chi connectivity index (χ4n) is 5.24. The van der Waals surface area contributed by atoms with Crippen LogP contribution >= 0.6 is 11.6 Å². The van der Waals surface area contributed by atoms with Crippen molar-refractivity contribution in [2.24, 2.45) is 0 Å². The molecule has 1 atom stereocenters. The van der Waals surface area contributed by atoms with Crippen LogP contribution in [0.15, 0.2) is 102 Å². The van der Waals surface area contributed by atoms with Crippen LogP contribution in [0.2, 0.25) is 5.02 Å². The first-order valence-corrected chi connectivity index (χ1v) is 17.8. The summed E-state index contributed by atoms with van der Waals surface area (Å²) in [5.74, 6) is 0.124. The van der Waals surface area contributed by atoms with E-state index in [0.29, 0.717) is 41.7 Å². The van der Waals surface area contributed by atoms with Crippen molar-refractivity contribution in [1.82, 2.24) is 10.2 Å². The second-order valence-electron chi connectivity index (χ2n) is 11.1. The molecule has 2 amide bonds. The van der Waals surface area contributed by atoms with Gasteiger partial charge < -0.3 is 24.4 Å². The molecule has 0 bridgehead atoms. The normalized spacial score (nSPS) is 11.7. The second-order valence-corrected chi connectivity index (χ2v) is 13.3. The Morgan fingerprint density at radius 1 is 0.857 bits per heavy atom. The third-order valence-corrected chi connectivity index (χ3v) is 9.92. The minimum atomic E-state index is -4.38. The number of nitrogens with one attached hydrogen (secondary N) is 1. The number of hydrogen-bond donors (Lipinski definition) is 1. The van der Waals surface area contributed by atoms with Gasteiger partial charge in [-0.3, -0.25) is 13.9 Å². The highest BCUT2D eigenvalue weighted by molar-refractivity contribution is 7.92. The Morgan fingerprint density at radius 2 is 1.53 bits per heavy atom. The number of hydrogen-bond acceptors (Lipinski definition) is 7. The van der Waals surface area contributed by atoms with Crippen molar-refractivity contribution in [3.8, 4) is 17.2 Å². The van der Waals surface area contributed by atoms with E-state index in [9.17, 15) is 18.0 Å². The summed E-state index contributed by atoms with van der Waals surface area (Å²) >= 11 is 6.57. The topological polar surface area (TPSA) is 114 Å². The number of amides is 2. The molecule has 49 heavy (non-hydrogen) atoms. The van der Waals surface area contributed by atoms with Crippen LogP contribution in [0.5, 0.6) is 17.2 Å². The van der Waals surface area contributed by atoms with Gasteiger partial charge in [0.15, 0.2) is 11.5 Å². The Hall–Kier alpha value is -4.74. The van der Waals surface area contributed by atoms with E-state index in [-0.39, 0.29) is 35.2 Å². The minimum absolute atomic E-state index is 0.0386. The van der Waals surface area contributed by atoms with Gasteiger partial charge in [-0.25, -0.2) is 8.42 Å². The molecule has 0 spiro atoms. The highest BCUT2D eigenvalue weighted by Crippen LogP contribution is 2.33. The van der Waals surface area contributed by atoms with Gasteiger partial charge in [-0.1, -0.05) is 67.1 Å². The molecule has 4 aromatic rings. The molecule has 1 N–H and O–H groups in total. The van der Waals surface area contributed by atoms with Crippen LogP contribution in [0.25, 0.3) is 0 Å². The van der Waals surface area contributed by atoms with E-state index in [1.165, 1.54) is 37.3 Å². The summed E-state index contributed by atoms with van der Waals surface area (Å²) in [6.07, 6.45) is 0.884. The van der Waals surface area contributed by atoms with Gasteiger partial charge in [-0.2, -0.15) is 0 Å². The van der Waals surface area contributed by atoms with Crippen LogP contribution in [-0.2, 0) is 32.6 Å². The van der Waals surface area contributed by atoms with Gasteiger partial charge in [0.05, 0.1) is 31.4 Å². The van der Waals surface area contributed by atoms with E-state index in [0.717, 1.165) is 9.87 Å². The summed E-state index contributed by atoms with van der Waals surface area (Å²) in [4.78, 5) is 29.8. The van der Waals surface area contributed by atoms with Gasteiger partial charge in [-0.15, -0.1) is 0 Å². The SMILES string of the molecule is CCCNC(=O)[C@@H](Cc1ccccc1)N(Cc1ccccc1Cl)C(=O)CN(c1ccc(OCC)cc1)S(=O)(=O)c1ccc(OC)c(OC)c1. The third kappa shape index (κ3) is 9.45. The average Bonchev–Trinajstić information content (AvgIpc) is 3.12. The Bertz CT molecular complexity index is 1800. The molecule has 10 nitrogen and oxygen atoms in total. The van der Waals surface area contributed by atoms with Gasteiger partial charge in [0.1, 0.15) is 18.3 Å². The van der Waals surface area contributed by atoms with Gasteiger partial charge >= 0.3 is 0 Å². The number of ether oxygens (including phenoxy) is 3. The number of sulfonamides is 1. The minimum Gasteiger partial charge on any atom is -0.494 e. The summed E-state index contributed by atoms with van der Waals surface area (Å²) in [6.45, 7) is 3.95. The maximum Gasteiger partial charge on any atom is 0.264 e. The van der Waals surface area contributed by atoms with Crippen LogP contribution in [-0.4, -0.2) is 65.1 Å². The summed E-state index contributed by atoms with van der Waals surface area (Å²) in [5.41, 5.74) is 1.66. The van der Waals surface area contributed by atoms with Crippen molar-refractivity contribution >= 4 is 39.1 Å². The molecule has 0 unspecified atom stereocenters. The van der Waals surface area contributed by atoms with Gasteiger partial charge in [0.25, 0.3) is 10.0 Å². The summed E-state index contributed by atoms with van der Waals surface area (Å²) < 4.78 is 46.2. The Labute approximate surface area is 293 Å². The smallest absolute Gasteiger partial charge is 0.264 e. The molecular formula is C37H42ClN3O7S. The molecular weight excluding hydrogens is 666 g/mol. The monoisotopic (exact) mass is 707 g/mol. The molecule has 0 radical (unpaired) electrons. The molecule has 0 aliphatic rings. The van der Waals surface area contributed by atoms with E-state index in [1.807, 2.05) is 44.2 Å². The van der Waals surface area contributed by atoms with E-state index in [1.54, 1.807) is 48.5 Å². The molecule has 4 aromatic carbocycles. The van der Waals surface area contributed by atoms with Crippen molar-refractivity contribution in [2.75, 3.05) is 38.2 Å². The lowest BCUT2D eigenvalue weighted by Crippen LogP contribution is -2.53. The fourth-order valence-corrected chi connectivity index (χ4v) is 6.86. The third-order valence-electron chi connectivity index (χ3n) is 7.78. The van der Waals surface area contributed by atoms with Gasteiger partial charge in [0, 0.05) is 30.6 Å². The molecule has 12 heteroatoms. The molecule has 0 fully saturated rings. The van der Waals surface area contributed by atoms with Gasteiger partial charge in [0.2, 0.25) is 11.8 Å². The van der Waals surface area contributed by atoms with Crippen molar-refractivity contribution in [3.63, 3.8) is 0 Å². The van der Waals surface area contributed by atoms with Gasteiger partial charge in [-0.05, 0) is 66.9 Å². The summed E-state index contributed by atoms with van der Waals surface area (Å²) in [5, 5.41) is 3.35. The Kier molecular flexibility index (Phi) is 13.3. The maximum absolute atomic E-state index is 14.7. The zero-order valence-corrected chi connectivity index (χ0v) is 29.7. The fraction of sp³-hybridized carbons (Fsp3) is 0.297. The summed E-state index contributed by atoms with van der Waals surface area (Å²) in [6, 6.07) is 26.1. The zero-order chi connectivity index (χ0) is 35.4. The van der Waals surface area contributed by atoms with Crippen LogP contribution in [0.1, 0.15) is 31.4 Å². The van der Waals surface area contributed by atoms with Crippen molar-refractivity contribution < 1.29 is 32.2 Å². The molecule has 0 aliphatic carbocycles. The van der Waals surface area contributed by atoms with Crippen LogP contribution < -0.4 is 23.8 Å². The Morgan fingerprint density at radius 3 is 2.16 bits per heavy atom. The average molecular weight is 708 g/mol. The number of benzene rings is 4. The first-order valence-electron chi connectivity index (χ1n) is 15.9. The lowest BCUT2D eigenvalue weighted by molar-refractivity contribution is -0.140. The molecule has 4 rings (SSSR count). The number of methoxy groups -OCH3 is 2. The maximum atomic E-state index is 14.7. The Balaban J connectivity index is 1.83. The predicted molar refractivity (Wildman–Crippen MR) is 191 cm³/mol. The van der Waals surface area contributed by atoms with Crippen LogP contribution in [0, 0.1) is 0 Å². The number of anilines is 1. The molecule has 0 saturated heterocycles. The zero-order valence-electron chi connectivity index (χ0n) is 28.1. The highest BCUT2D eigenvalue weighted by Gasteiger charge is 2.35. The molecule has 0 aromatic heterocycles.